The van der Waals surface area contributed by atoms with Gasteiger partial charge in [-0.2, -0.15) is 5.10 Å². The van der Waals surface area contributed by atoms with Gasteiger partial charge in [0, 0.05) is 11.3 Å². The number of hydrogen-bond acceptors (Lipinski definition) is 7. The highest BCUT2D eigenvalue weighted by atomic mass is 16.5. The Balaban J connectivity index is 1.47. The fourth-order valence-corrected chi connectivity index (χ4v) is 5.79. The number of anilines is 2. The molecule has 8 nitrogen and oxygen atoms in total. The molecule has 2 aliphatic heterocycles. The largest absolute Gasteiger partial charge is 0.504 e. The molecule has 3 heterocycles. The van der Waals surface area contributed by atoms with Gasteiger partial charge >= 0.3 is 0 Å². The van der Waals surface area contributed by atoms with Crippen molar-refractivity contribution >= 4 is 34.6 Å². The number of benzene rings is 4. The lowest BCUT2D eigenvalue weighted by Gasteiger charge is -2.40. The van der Waals surface area contributed by atoms with Crippen LogP contribution >= 0.6 is 0 Å². The van der Waals surface area contributed by atoms with E-state index in [1.165, 1.54) is 5.56 Å². The van der Waals surface area contributed by atoms with Crippen molar-refractivity contribution in [1.29, 1.82) is 0 Å². The zero-order valence-corrected chi connectivity index (χ0v) is 24.3. The first-order chi connectivity index (χ1) is 21.1. The van der Waals surface area contributed by atoms with E-state index in [-0.39, 0.29) is 11.8 Å². The summed E-state index contributed by atoms with van der Waals surface area (Å²) in [6.45, 7) is 6.52. The summed E-state index contributed by atoms with van der Waals surface area (Å²) < 4.78 is 7.73. The van der Waals surface area contributed by atoms with Gasteiger partial charge < -0.3 is 20.1 Å². The van der Waals surface area contributed by atoms with Crippen LogP contribution in [0.4, 0.5) is 22.9 Å². The molecule has 0 fully saturated rings. The van der Waals surface area contributed by atoms with Crippen molar-refractivity contribution in [2.45, 2.75) is 33.2 Å². The molecule has 1 atom stereocenters. The van der Waals surface area contributed by atoms with Gasteiger partial charge in [-0.15, -0.1) is 0 Å². The van der Waals surface area contributed by atoms with E-state index >= 15 is 0 Å². The summed E-state index contributed by atoms with van der Waals surface area (Å²) >= 11 is 0. The van der Waals surface area contributed by atoms with E-state index < -0.39 is 0 Å². The number of aryl methyl sites for hydroxylation is 2. The molecule has 0 aliphatic carbocycles. The van der Waals surface area contributed by atoms with Crippen LogP contribution in [0.1, 0.15) is 42.3 Å². The minimum Gasteiger partial charge on any atom is -0.504 e. The van der Waals surface area contributed by atoms with Crippen molar-refractivity contribution in [2.24, 2.45) is 9.98 Å². The molecule has 0 spiro atoms. The summed E-state index contributed by atoms with van der Waals surface area (Å²) in [4.78, 5) is 12.6. The Morgan fingerprint density at radius 1 is 0.884 bits per heavy atom. The van der Waals surface area contributed by atoms with Crippen molar-refractivity contribution in [3.63, 3.8) is 0 Å². The van der Waals surface area contributed by atoms with Gasteiger partial charge in [0.2, 0.25) is 0 Å². The lowest BCUT2D eigenvalue weighted by Crippen LogP contribution is -2.46. The maximum Gasteiger partial charge on any atom is 0.179 e. The predicted molar refractivity (Wildman–Crippen MR) is 172 cm³/mol. The van der Waals surface area contributed by atoms with Crippen molar-refractivity contribution in [2.75, 3.05) is 16.8 Å². The SMILES string of the molecule is CCOc1cc([C@H]2c3c(C)nn(-c4ccccc4)c3N=C3C(Nc4ccc(CC)cc4)=Nc4ccccc4N32)ccc1O. The van der Waals surface area contributed by atoms with Gasteiger partial charge in [-0.05, 0) is 79.9 Å². The zero-order chi connectivity index (χ0) is 29.5. The van der Waals surface area contributed by atoms with Crippen LogP contribution in [0.25, 0.3) is 5.69 Å². The van der Waals surface area contributed by atoms with Gasteiger partial charge in [0.1, 0.15) is 0 Å². The van der Waals surface area contributed by atoms with Crippen molar-refractivity contribution in [3.8, 4) is 17.2 Å². The highest BCUT2D eigenvalue weighted by Crippen LogP contribution is 2.49. The molecule has 43 heavy (non-hydrogen) atoms. The van der Waals surface area contributed by atoms with Crippen LogP contribution in [0.15, 0.2) is 107 Å². The molecule has 2 N–H and O–H groups in total. The molecule has 0 bridgehead atoms. The Hall–Kier alpha value is -5.37. The third kappa shape index (κ3) is 4.61. The summed E-state index contributed by atoms with van der Waals surface area (Å²) in [6, 6.07) is 31.8. The number of nitrogens with one attached hydrogen (secondary N) is 1. The average molecular weight is 569 g/mol. The molecule has 214 valence electrons. The van der Waals surface area contributed by atoms with E-state index in [0.717, 1.165) is 51.8 Å². The van der Waals surface area contributed by atoms with E-state index in [4.69, 9.17) is 19.8 Å². The van der Waals surface area contributed by atoms with Crippen LogP contribution in [0.2, 0.25) is 0 Å². The first kappa shape index (κ1) is 26.5. The van der Waals surface area contributed by atoms with Crippen molar-refractivity contribution in [3.05, 3.63) is 119 Å². The fraction of sp³-hybridized carbons (Fsp3) is 0.171. The number of hydrogen-bond donors (Lipinski definition) is 2. The second-order valence-corrected chi connectivity index (χ2v) is 10.6. The quantitative estimate of drug-likeness (QED) is 0.220. The first-order valence-corrected chi connectivity index (χ1v) is 14.6. The lowest BCUT2D eigenvalue weighted by molar-refractivity contribution is 0.317. The second kappa shape index (κ2) is 10.8. The van der Waals surface area contributed by atoms with Crippen LogP contribution in [0.5, 0.6) is 11.5 Å². The Labute approximate surface area is 250 Å². The molecular weight excluding hydrogens is 536 g/mol. The lowest BCUT2D eigenvalue weighted by atomic mass is 9.93. The number of amidine groups is 2. The highest BCUT2D eigenvalue weighted by molar-refractivity contribution is 6.51. The van der Waals surface area contributed by atoms with Crippen LogP contribution in [-0.4, -0.2) is 33.2 Å². The van der Waals surface area contributed by atoms with Gasteiger partial charge in [-0.25, -0.2) is 14.7 Å². The van der Waals surface area contributed by atoms with Gasteiger partial charge in [0.15, 0.2) is 29.0 Å². The maximum atomic E-state index is 10.6. The average Bonchev–Trinajstić information content (AvgIpc) is 3.38. The van der Waals surface area contributed by atoms with Crippen LogP contribution in [0.3, 0.4) is 0 Å². The summed E-state index contributed by atoms with van der Waals surface area (Å²) in [5, 5.41) is 19.2. The van der Waals surface area contributed by atoms with E-state index in [9.17, 15) is 5.11 Å². The highest BCUT2D eigenvalue weighted by Gasteiger charge is 2.41. The third-order valence-corrected chi connectivity index (χ3v) is 7.86. The number of phenolic OH excluding ortho intramolecular Hbond substituents is 1. The Morgan fingerprint density at radius 2 is 1.65 bits per heavy atom. The number of aromatic hydroxyl groups is 1. The topological polar surface area (TPSA) is 87.3 Å². The third-order valence-electron chi connectivity index (χ3n) is 7.86. The second-order valence-electron chi connectivity index (χ2n) is 10.6. The van der Waals surface area contributed by atoms with E-state index in [1.54, 1.807) is 6.07 Å². The minimum atomic E-state index is -0.323. The molecule has 0 radical (unpaired) electrons. The molecule has 0 amide bonds. The number of aliphatic imine (C=N–C) groups is 2. The van der Waals surface area contributed by atoms with E-state index in [0.29, 0.717) is 24.0 Å². The van der Waals surface area contributed by atoms with E-state index in [1.807, 2.05) is 79.2 Å². The maximum absolute atomic E-state index is 10.6. The minimum absolute atomic E-state index is 0.103. The molecule has 2 aliphatic rings. The number of nitrogens with zero attached hydrogens (tertiary/aromatic N) is 5. The van der Waals surface area contributed by atoms with Gasteiger partial charge in [-0.3, -0.25) is 0 Å². The molecule has 0 unspecified atom stereocenters. The Kier molecular flexibility index (Phi) is 6.66. The Bertz CT molecular complexity index is 1870. The fourth-order valence-electron chi connectivity index (χ4n) is 5.79. The summed E-state index contributed by atoms with van der Waals surface area (Å²) in [7, 11) is 0. The molecule has 4 aromatic carbocycles. The van der Waals surface area contributed by atoms with Crippen LogP contribution in [-0.2, 0) is 6.42 Å². The number of para-hydroxylation sites is 3. The normalized spacial score (nSPS) is 15.1. The summed E-state index contributed by atoms with van der Waals surface area (Å²) in [5.74, 6) is 2.60. The molecule has 5 aromatic rings. The first-order valence-electron chi connectivity index (χ1n) is 14.6. The van der Waals surface area contributed by atoms with Gasteiger partial charge in [-0.1, -0.05) is 55.5 Å². The number of ether oxygens (including phenoxy) is 1. The molecule has 0 saturated carbocycles. The molecule has 0 saturated heterocycles. The smallest absolute Gasteiger partial charge is 0.179 e. The van der Waals surface area contributed by atoms with Crippen molar-refractivity contribution < 1.29 is 9.84 Å². The zero-order valence-electron chi connectivity index (χ0n) is 24.3. The standard InChI is InChI=1S/C35H32N6O2/c1-4-23-15-18-25(19-16-23)36-33-35-38-34-31(22(3)39-41(34)26-11-7-6-8-12-26)32(24-17-20-29(42)30(21-24)43-5-2)40(35)28-14-10-9-13-27(28)37-33/h6-21,32,42H,4-5H2,1-3H3,(H,36,37)/t32-/m0/s1. The van der Waals surface area contributed by atoms with Crippen LogP contribution in [0, 0.1) is 6.92 Å². The number of fused-ring (bicyclic) bond motifs is 4. The summed E-state index contributed by atoms with van der Waals surface area (Å²) in [6.07, 6.45) is 0.971. The number of rotatable bonds is 6. The van der Waals surface area contributed by atoms with Gasteiger partial charge in [0.25, 0.3) is 0 Å². The monoisotopic (exact) mass is 568 g/mol. The molecule has 1 aromatic heterocycles. The summed E-state index contributed by atoms with van der Waals surface area (Å²) in [5.41, 5.74) is 7.65. The van der Waals surface area contributed by atoms with Gasteiger partial charge in [0.05, 0.1) is 35.4 Å². The molecular formula is C35H32N6O2. The van der Waals surface area contributed by atoms with E-state index in [2.05, 4.69) is 47.5 Å². The van der Waals surface area contributed by atoms with Crippen molar-refractivity contribution in [1.82, 2.24) is 9.78 Å². The molecule has 8 heteroatoms. The Morgan fingerprint density at radius 3 is 2.42 bits per heavy atom. The predicted octanol–water partition coefficient (Wildman–Crippen LogP) is 7.64. The molecule has 7 rings (SSSR count). The van der Waals surface area contributed by atoms with Crippen LogP contribution < -0.4 is 15.0 Å². The number of phenols is 1. The number of aromatic nitrogens is 2.